The Kier molecular flexibility index (Phi) is 5.64. The lowest BCUT2D eigenvalue weighted by molar-refractivity contribution is -0.120. The third-order valence-corrected chi connectivity index (χ3v) is 5.64. The number of allylic oxidation sites excluding steroid dienone is 1. The van der Waals surface area contributed by atoms with Crippen molar-refractivity contribution in [3.05, 3.63) is 102 Å². The topological polar surface area (TPSA) is 87.7 Å². The first-order valence-electron chi connectivity index (χ1n) is 10.8. The summed E-state index contributed by atoms with van der Waals surface area (Å²) in [5.74, 6) is 0.354. The minimum atomic E-state index is -0.603. The molecule has 1 atom stereocenters. The summed E-state index contributed by atoms with van der Waals surface area (Å²) in [5.41, 5.74) is 3.80. The largest absolute Gasteiger partial charge is 0.342 e. The smallest absolute Gasteiger partial charge is 0.251 e. The molecular weight excluding hydrogens is 412 g/mol. The van der Waals surface area contributed by atoms with Crippen molar-refractivity contribution in [2.45, 2.75) is 18.9 Å². The SMILES string of the molecule is O=CC(Cc1ccccc1)NC(=O)C1=Cc2nc(-c3cc4ccccc4cn3)[nH]c2CC=C1. The molecule has 2 aromatic carbocycles. The summed E-state index contributed by atoms with van der Waals surface area (Å²) in [4.78, 5) is 37.1. The number of pyridine rings is 1. The van der Waals surface area contributed by atoms with Gasteiger partial charge in [0.05, 0.1) is 11.7 Å². The van der Waals surface area contributed by atoms with Crippen molar-refractivity contribution in [2.24, 2.45) is 0 Å². The van der Waals surface area contributed by atoms with E-state index in [1.54, 1.807) is 12.2 Å². The zero-order valence-corrected chi connectivity index (χ0v) is 17.9. The first kappa shape index (κ1) is 20.6. The molecule has 0 aliphatic heterocycles. The van der Waals surface area contributed by atoms with Gasteiger partial charge in [-0.05, 0) is 29.5 Å². The van der Waals surface area contributed by atoms with Crippen molar-refractivity contribution in [3.63, 3.8) is 0 Å². The second kappa shape index (κ2) is 9.04. The predicted molar refractivity (Wildman–Crippen MR) is 128 cm³/mol. The lowest BCUT2D eigenvalue weighted by atomic mass is 10.1. The van der Waals surface area contributed by atoms with Crippen LogP contribution in [0.1, 0.15) is 17.0 Å². The van der Waals surface area contributed by atoms with Crippen LogP contribution in [0.3, 0.4) is 0 Å². The van der Waals surface area contributed by atoms with Gasteiger partial charge in [0, 0.05) is 29.3 Å². The third kappa shape index (κ3) is 4.50. The van der Waals surface area contributed by atoms with Gasteiger partial charge in [0.15, 0.2) is 5.82 Å². The molecular formula is C27H22N4O2. The summed E-state index contributed by atoms with van der Waals surface area (Å²) >= 11 is 0. The summed E-state index contributed by atoms with van der Waals surface area (Å²) < 4.78 is 0. The molecule has 4 aromatic rings. The average molecular weight is 434 g/mol. The van der Waals surface area contributed by atoms with E-state index in [1.807, 2.05) is 72.9 Å². The number of carbonyl (C=O) groups is 2. The van der Waals surface area contributed by atoms with Crippen molar-refractivity contribution in [1.29, 1.82) is 0 Å². The molecule has 1 amide bonds. The van der Waals surface area contributed by atoms with Gasteiger partial charge in [0.2, 0.25) is 0 Å². The Balaban J connectivity index is 1.37. The average Bonchev–Trinajstić information content (AvgIpc) is 3.15. The fraction of sp³-hybridized carbons (Fsp3) is 0.111. The maximum atomic E-state index is 12.9. The van der Waals surface area contributed by atoms with E-state index in [9.17, 15) is 9.59 Å². The van der Waals surface area contributed by atoms with E-state index in [0.717, 1.165) is 34.0 Å². The number of benzene rings is 2. The number of imidazole rings is 1. The number of hydrogen-bond acceptors (Lipinski definition) is 4. The number of amides is 1. The Morgan fingerprint density at radius 2 is 1.88 bits per heavy atom. The van der Waals surface area contributed by atoms with Gasteiger partial charge in [0.25, 0.3) is 5.91 Å². The molecule has 2 N–H and O–H groups in total. The van der Waals surface area contributed by atoms with Crippen LogP contribution in [0.15, 0.2) is 84.6 Å². The molecule has 0 saturated heterocycles. The molecule has 2 aromatic heterocycles. The number of hydrogen-bond donors (Lipinski definition) is 2. The van der Waals surface area contributed by atoms with Gasteiger partial charge < -0.3 is 15.1 Å². The number of nitrogens with one attached hydrogen (secondary N) is 2. The van der Waals surface area contributed by atoms with Crippen molar-refractivity contribution >= 4 is 29.0 Å². The number of aldehydes is 1. The number of nitrogens with zero attached hydrogens (tertiary/aromatic N) is 2. The molecule has 0 radical (unpaired) electrons. The molecule has 6 nitrogen and oxygen atoms in total. The van der Waals surface area contributed by atoms with Crippen molar-refractivity contribution in [3.8, 4) is 11.5 Å². The van der Waals surface area contributed by atoms with E-state index >= 15 is 0 Å². The quantitative estimate of drug-likeness (QED) is 0.448. The summed E-state index contributed by atoms with van der Waals surface area (Å²) in [7, 11) is 0. The Hall–Kier alpha value is -4.32. The zero-order valence-electron chi connectivity index (χ0n) is 17.9. The van der Waals surface area contributed by atoms with E-state index in [-0.39, 0.29) is 5.91 Å². The molecule has 6 heteroatoms. The molecule has 0 fully saturated rings. The monoisotopic (exact) mass is 434 g/mol. The van der Waals surface area contributed by atoms with Crippen LogP contribution in [0, 0.1) is 0 Å². The fourth-order valence-corrected chi connectivity index (χ4v) is 3.93. The fourth-order valence-electron chi connectivity index (χ4n) is 3.93. The summed E-state index contributed by atoms with van der Waals surface area (Å²) in [6, 6.07) is 19.1. The number of aromatic nitrogens is 3. The van der Waals surface area contributed by atoms with E-state index in [1.165, 1.54) is 0 Å². The molecule has 0 spiro atoms. The number of aromatic amines is 1. The van der Waals surface area contributed by atoms with Crippen LogP contribution in [0.25, 0.3) is 28.4 Å². The lowest BCUT2D eigenvalue weighted by Crippen LogP contribution is -2.38. The van der Waals surface area contributed by atoms with Crippen molar-refractivity contribution in [1.82, 2.24) is 20.3 Å². The highest BCUT2D eigenvalue weighted by Crippen LogP contribution is 2.24. The first-order valence-corrected chi connectivity index (χ1v) is 10.8. The molecule has 162 valence electrons. The highest BCUT2D eigenvalue weighted by atomic mass is 16.2. The second-order valence-electron chi connectivity index (χ2n) is 7.98. The molecule has 0 saturated carbocycles. The highest BCUT2D eigenvalue weighted by molar-refractivity contribution is 6.02. The maximum Gasteiger partial charge on any atom is 0.251 e. The van der Waals surface area contributed by atoms with Gasteiger partial charge in [-0.1, -0.05) is 66.7 Å². The first-order chi connectivity index (χ1) is 16.2. The van der Waals surface area contributed by atoms with Gasteiger partial charge in [-0.25, -0.2) is 4.98 Å². The van der Waals surface area contributed by atoms with Crippen LogP contribution in [0.4, 0.5) is 0 Å². The number of carbonyl (C=O) groups excluding carboxylic acids is 2. The van der Waals surface area contributed by atoms with E-state index in [0.29, 0.717) is 29.9 Å². The van der Waals surface area contributed by atoms with Crippen molar-refractivity contribution in [2.75, 3.05) is 0 Å². The maximum absolute atomic E-state index is 12.9. The zero-order chi connectivity index (χ0) is 22.6. The van der Waals surface area contributed by atoms with Gasteiger partial charge in [-0.15, -0.1) is 0 Å². The molecule has 0 bridgehead atoms. The minimum Gasteiger partial charge on any atom is -0.342 e. The summed E-state index contributed by atoms with van der Waals surface area (Å²) in [5, 5.41) is 4.98. The van der Waals surface area contributed by atoms with E-state index in [2.05, 4.69) is 15.3 Å². The third-order valence-electron chi connectivity index (χ3n) is 5.64. The van der Waals surface area contributed by atoms with E-state index < -0.39 is 6.04 Å². The number of rotatable bonds is 6. The lowest BCUT2D eigenvalue weighted by Gasteiger charge is -2.13. The molecule has 1 aliphatic carbocycles. The van der Waals surface area contributed by atoms with E-state index in [4.69, 9.17) is 4.98 Å². The summed E-state index contributed by atoms with van der Waals surface area (Å²) in [6.45, 7) is 0. The normalized spacial score (nSPS) is 13.6. The summed E-state index contributed by atoms with van der Waals surface area (Å²) in [6.07, 6.45) is 9.10. The Bertz CT molecular complexity index is 1390. The van der Waals surface area contributed by atoms with Gasteiger partial charge in [-0.3, -0.25) is 9.78 Å². The van der Waals surface area contributed by atoms with Crippen LogP contribution in [-0.4, -0.2) is 33.2 Å². The Labute approximate surface area is 191 Å². The van der Waals surface area contributed by atoms with Crippen molar-refractivity contribution < 1.29 is 9.59 Å². The molecule has 5 rings (SSSR count). The standard InChI is InChI=1S/C27H22N4O2/c32-17-22(13-18-7-2-1-3-8-18)29-27(33)20-11-6-12-23-24(15-20)31-26(30-23)25-14-19-9-4-5-10-21(19)16-28-25/h1-11,14-17,22H,12-13H2,(H,29,33)(H,30,31). The van der Waals surface area contributed by atoms with Crippen LogP contribution < -0.4 is 5.32 Å². The van der Waals surface area contributed by atoms with Crippen LogP contribution in [-0.2, 0) is 22.4 Å². The molecule has 1 unspecified atom stereocenters. The van der Waals surface area contributed by atoms with Crippen LogP contribution >= 0.6 is 0 Å². The van der Waals surface area contributed by atoms with Gasteiger partial charge >= 0.3 is 0 Å². The van der Waals surface area contributed by atoms with Gasteiger partial charge in [-0.2, -0.15) is 0 Å². The Morgan fingerprint density at radius 3 is 2.70 bits per heavy atom. The molecule has 2 heterocycles. The van der Waals surface area contributed by atoms with Crippen LogP contribution in [0.5, 0.6) is 0 Å². The van der Waals surface area contributed by atoms with Crippen LogP contribution in [0.2, 0.25) is 0 Å². The Morgan fingerprint density at radius 1 is 1.09 bits per heavy atom. The predicted octanol–water partition coefficient (Wildman–Crippen LogP) is 4.05. The molecule has 33 heavy (non-hydrogen) atoms. The van der Waals surface area contributed by atoms with Gasteiger partial charge in [0.1, 0.15) is 12.0 Å². The minimum absolute atomic E-state index is 0.305. The number of H-pyrrole nitrogens is 1. The highest BCUT2D eigenvalue weighted by Gasteiger charge is 2.18. The molecule has 1 aliphatic rings. The number of fused-ring (bicyclic) bond motifs is 2. The second-order valence-corrected chi connectivity index (χ2v) is 7.98.